The van der Waals surface area contributed by atoms with Crippen molar-refractivity contribution in [3.63, 3.8) is 0 Å². The van der Waals surface area contributed by atoms with Gasteiger partial charge in [0.15, 0.2) is 0 Å². The van der Waals surface area contributed by atoms with Crippen LogP contribution < -0.4 is 0 Å². The number of rotatable bonds is 0. The predicted octanol–water partition coefficient (Wildman–Crippen LogP) is 3.64. The van der Waals surface area contributed by atoms with Crippen LogP contribution in [0, 0.1) is 0 Å². The van der Waals surface area contributed by atoms with Crippen molar-refractivity contribution >= 4 is 19.8 Å². The molecule has 0 aliphatic carbocycles. The Bertz CT molecular complexity index is 182. The van der Waals surface area contributed by atoms with E-state index in [0.717, 1.165) is 0 Å². The van der Waals surface area contributed by atoms with E-state index >= 15 is 0 Å². The second-order valence-electron chi connectivity index (χ2n) is 3.42. The number of hydrogen-bond acceptors (Lipinski definition) is 0. The molecule has 0 bridgehead atoms. The predicted molar refractivity (Wildman–Crippen MR) is 70.2 cm³/mol. The first kappa shape index (κ1) is 17.6. The minimum atomic E-state index is -0.543. The quantitative estimate of drug-likeness (QED) is 0.402. The van der Waals surface area contributed by atoms with Crippen LogP contribution in [0.5, 0.6) is 0 Å². The Morgan fingerprint density at radius 1 is 0.667 bits per heavy atom. The summed E-state index contributed by atoms with van der Waals surface area (Å²) in [4.78, 5) is 7.09. The van der Waals surface area contributed by atoms with E-state index < -0.39 is 19.8 Å². The minimum Gasteiger partial charge on any atom is -0.214 e. The molecule has 0 N–H and O–H groups in total. The summed E-state index contributed by atoms with van der Waals surface area (Å²) in [5.41, 5.74) is 0. The largest absolute Gasteiger partial charge is 0.214 e. The van der Waals surface area contributed by atoms with E-state index in [2.05, 4.69) is 14.8 Å². The summed E-state index contributed by atoms with van der Waals surface area (Å²) in [5.74, 6) is 0. The van der Waals surface area contributed by atoms with E-state index in [0.29, 0.717) is 0 Å². The van der Waals surface area contributed by atoms with Gasteiger partial charge < -0.3 is 0 Å². The summed E-state index contributed by atoms with van der Waals surface area (Å²) >= 11 is -0.543. The molecule has 0 heterocycles. The van der Waals surface area contributed by atoms with Crippen molar-refractivity contribution in [2.45, 2.75) is 14.8 Å². The minimum absolute atomic E-state index is 0. The zero-order valence-corrected chi connectivity index (χ0v) is 16.9. The van der Waals surface area contributed by atoms with E-state index in [-0.39, 0.29) is 22.4 Å². The van der Waals surface area contributed by atoms with Gasteiger partial charge in [-0.15, -0.1) is 0 Å². The van der Waals surface area contributed by atoms with Crippen LogP contribution >= 0.6 is 0 Å². The maximum atomic E-state index is 2.36. The van der Waals surface area contributed by atoms with Crippen LogP contribution in [0.2, 0.25) is 14.8 Å². The van der Waals surface area contributed by atoms with Gasteiger partial charge in [0.1, 0.15) is 0 Å². The number of hydrogen-bond donors (Lipinski definition) is 0. The summed E-state index contributed by atoms with van der Waals surface area (Å²) in [6.07, 6.45) is 0. The normalized spacial score (nSPS) is 7.73. The van der Waals surface area contributed by atoms with Crippen LogP contribution in [0.3, 0.4) is 0 Å². The Labute approximate surface area is 117 Å². The first-order valence-corrected chi connectivity index (χ1v) is 13.4. The van der Waals surface area contributed by atoms with Gasteiger partial charge in [-0.3, -0.25) is 0 Å². The summed E-state index contributed by atoms with van der Waals surface area (Å²) in [6, 6.07) is 20.0. The average Bonchev–Trinajstić information content (AvgIpc) is 2.83. The molecular weight excluding hydrogens is 456 g/mol. The molecule has 0 saturated heterocycles. The standard InChI is InChI=1S/2C5H5.3CH3.Sn.Ta.2H/c2*1-2-4-5-3-1;;;;;;;/h2*1-5H;3*1H3;;;;/q2*-1;;;;;;;. The van der Waals surface area contributed by atoms with E-state index in [4.69, 9.17) is 0 Å². The molecule has 0 fully saturated rings. The van der Waals surface area contributed by atoms with Gasteiger partial charge in [-0.05, 0) is 0 Å². The molecule has 0 spiro atoms. The molecule has 15 heavy (non-hydrogen) atoms. The van der Waals surface area contributed by atoms with Crippen molar-refractivity contribution in [1.82, 2.24) is 0 Å². The summed E-state index contributed by atoms with van der Waals surface area (Å²) in [5, 5.41) is 0. The van der Waals surface area contributed by atoms with Gasteiger partial charge >= 0.3 is 57.0 Å². The Morgan fingerprint density at radius 2 is 0.867 bits per heavy atom. The van der Waals surface area contributed by atoms with Crippen molar-refractivity contribution in [2.24, 2.45) is 0 Å². The summed E-state index contributed by atoms with van der Waals surface area (Å²) in [6.45, 7) is 0. The fourth-order valence-electron chi connectivity index (χ4n) is 0.642. The average molecular weight is 477 g/mol. The second-order valence-corrected chi connectivity index (χ2v) is 12.0. The third-order valence-corrected chi connectivity index (χ3v) is 1.11. The Hall–Kier alpha value is 0.239. The molecule has 0 aliphatic rings. The van der Waals surface area contributed by atoms with Gasteiger partial charge in [0.05, 0.1) is 0 Å². The molecule has 84 valence electrons. The molecule has 0 unspecified atom stereocenters. The molecule has 2 rings (SSSR count). The van der Waals surface area contributed by atoms with Crippen LogP contribution in [0.15, 0.2) is 60.7 Å². The summed E-state index contributed by atoms with van der Waals surface area (Å²) < 4.78 is 0. The molecule has 0 amide bonds. The molecule has 2 radical (unpaired) electrons. The SMILES string of the molecule is [CH3][Sn]([CH3])[CH3].[TaH2].c1cc[cH-]c1.c1cc[cH-]c1. The molecule has 0 atom stereocenters. The van der Waals surface area contributed by atoms with E-state index in [1.54, 1.807) is 0 Å². The van der Waals surface area contributed by atoms with Crippen molar-refractivity contribution in [2.75, 3.05) is 0 Å². The third kappa shape index (κ3) is 20.3. The molecule has 2 aromatic carbocycles. The fraction of sp³-hybridized carbons (Fsp3) is 0.231. The molecule has 0 nitrogen and oxygen atoms in total. The van der Waals surface area contributed by atoms with E-state index in [1.165, 1.54) is 0 Å². The fourth-order valence-corrected chi connectivity index (χ4v) is 0.642. The van der Waals surface area contributed by atoms with Gasteiger partial charge in [-0.2, -0.15) is 36.4 Å². The van der Waals surface area contributed by atoms with Gasteiger partial charge in [0.25, 0.3) is 0 Å². The van der Waals surface area contributed by atoms with Crippen molar-refractivity contribution in [3.05, 3.63) is 60.7 Å². The Kier molecular flexibility index (Phi) is 16.7. The van der Waals surface area contributed by atoms with Crippen LogP contribution in [0.25, 0.3) is 0 Å². The first-order chi connectivity index (χ1) is 6.73. The molecule has 0 aromatic heterocycles. The van der Waals surface area contributed by atoms with Gasteiger partial charge in [0.2, 0.25) is 0 Å². The monoisotopic (exact) mass is 478 g/mol. The maximum absolute atomic E-state index is 2.36. The van der Waals surface area contributed by atoms with Crippen LogP contribution in [-0.4, -0.2) is 19.8 Å². The van der Waals surface area contributed by atoms with Crippen molar-refractivity contribution < 1.29 is 22.4 Å². The van der Waals surface area contributed by atoms with E-state index in [1.807, 2.05) is 60.7 Å². The molecular formula is C13H21SnTa-2. The van der Waals surface area contributed by atoms with Crippen LogP contribution in [-0.2, 0) is 22.4 Å². The molecule has 0 aliphatic heterocycles. The van der Waals surface area contributed by atoms with Gasteiger partial charge in [0, 0.05) is 0 Å². The molecule has 0 saturated carbocycles. The smallest absolute Gasteiger partial charge is 0.172 e. The van der Waals surface area contributed by atoms with Crippen molar-refractivity contribution in [1.29, 1.82) is 0 Å². The summed E-state index contributed by atoms with van der Waals surface area (Å²) in [7, 11) is 0. The zero-order chi connectivity index (χ0) is 10.6. The Morgan fingerprint density at radius 3 is 0.933 bits per heavy atom. The zero-order valence-electron chi connectivity index (χ0n) is 9.85. The Balaban J connectivity index is 0. The van der Waals surface area contributed by atoms with Gasteiger partial charge in [-0.1, -0.05) is 0 Å². The molecule has 2 heteroatoms. The van der Waals surface area contributed by atoms with Crippen LogP contribution in [0.1, 0.15) is 0 Å². The van der Waals surface area contributed by atoms with Crippen LogP contribution in [0.4, 0.5) is 0 Å². The topological polar surface area (TPSA) is 0 Å². The van der Waals surface area contributed by atoms with E-state index in [9.17, 15) is 0 Å². The molecule has 2 aromatic rings. The van der Waals surface area contributed by atoms with Crippen molar-refractivity contribution in [3.8, 4) is 0 Å². The third-order valence-electron chi connectivity index (χ3n) is 1.11. The maximum Gasteiger partial charge on any atom is -0.172 e. The second kappa shape index (κ2) is 14.2. The van der Waals surface area contributed by atoms with Gasteiger partial charge in [-0.25, -0.2) is 24.3 Å². The first-order valence-electron chi connectivity index (χ1n) is 4.83.